The predicted octanol–water partition coefficient (Wildman–Crippen LogP) is 5.48. The first-order valence-corrected chi connectivity index (χ1v) is 15.4. The lowest BCUT2D eigenvalue weighted by Crippen LogP contribution is -2.38. The number of rotatable bonds is 7. The van der Waals surface area contributed by atoms with E-state index in [1.807, 2.05) is 11.6 Å². The van der Waals surface area contributed by atoms with Gasteiger partial charge in [0.15, 0.2) is 5.82 Å². The third-order valence-electron chi connectivity index (χ3n) is 6.79. The van der Waals surface area contributed by atoms with E-state index in [1.54, 1.807) is 12.1 Å². The average Bonchev–Trinajstić information content (AvgIpc) is 3.38. The molecular weight excluding hydrogens is 554 g/mol. The third kappa shape index (κ3) is 5.14. The first-order chi connectivity index (χ1) is 18.9. The molecule has 4 heterocycles. The zero-order chi connectivity index (χ0) is 27.0. The van der Waals surface area contributed by atoms with E-state index in [9.17, 15) is 8.42 Å². The predicted molar refractivity (Wildman–Crippen MR) is 157 cm³/mol. The fourth-order valence-corrected chi connectivity index (χ4v) is 7.42. The molecule has 6 rings (SSSR count). The molecule has 1 fully saturated rings. The van der Waals surface area contributed by atoms with Crippen LogP contribution in [0.2, 0.25) is 5.02 Å². The summed E-state index contributed by atoms with van der Waals surface area (Å²) in [7, 11) is -3.94. The van der Waals surface area contributed by atoms with Crippen LogP contribution in [0.5, 0.6) is 0 Å². The summed E-state index contributed by atoms with van der Waals surface area (Å²) in [5.74, 6) is 0.853. The maximum atomic E-state index is 13.1. The Morgan fingerprint density at radius 2 is 2.03 bits per heavy atom. The Morgan fingerprint density at radius 1 is 1.15 bits per heavy atom. The number of piperidine rings is 1. The van der Waals surface area contributed by atoms with Crippen LogP contribution in [0.15, 0.2) is 59.2 Å². The Morgan fingerprint density at radius 3 is 2.82 bits per heavy atom. The van der Waals surface area contributed by atoms with Crippen molar-refractivity contribution in [1.29, 1.82) is 0 Å². The zero-order valence-corrected chi connectivity index (χ0v) is 23.5. The average molecular weight is 580 g/mol. The Balaban J connectivity index is 1.36. The van der Waals surface area contributed by atoms with Crippen molar-refractivity contribution in [3.63, 3.8) is 0 Å². The van der Waals surface area contributed by atoms with E-state index in [4.69, 9.17) is 16.6 Å². The number of aromatic nitrogens is 4. The van der Waals surface area contributed by atoms with Crippen LogP contribution >= 0.6 is 22.9 Å². The van der Waals surface area contributed by atoms with Gasteiger partial charge in [-0.2, -0.15) is 0 Å². The van der Waals surface area contributed by atoms with E-state index in [0.29, 0.717) is 22.2 Å². The molecule has 1 saturated heterocycles. The number of hydrogen-bond acceptors (Lipinski definition) is 9. The topological polar surface area (TPSA) is 122 Å². The lowest BCUT2D eigenvalue weighted by Gasteiger charge is -2.23. The summed E-state index contributed by atoms with van der Waals surface area (Å²) < 4.78 is 29.3. The van der Waals surface area contributed by atoms with E-state index in [1.165, 1.54) is 29.8 Å². The maximum absolute atomic E-state index is 13.1. The quantitative estimate of drug-likeness (QED) is 0.232. The van der Waals surface area contributed by atoms with Crippen molar-refractivity contribution in [3.05, 3.63) is 64.9 Å². The number of thiophene rings is 1. The molecule has 2 aromatic carbocycles. The van der Waals surface area contributed by atoms with Gasteiger partial charge in [0.1, 0.15) is 11.2 Å². The largest absolute Gasteiger partial charge is 0.350 e. The van der Waals surface area contributed by atoms with Crippen LogP contribution in [0.25, 0.3) is 32.2 Å². The highest BCUT2D eigenvalue weighted by molar-refractivity contribution is 7.92. The summed E-state index contributed by atoms with van der Waals surface area (Å²) in [5.41, 5.74) is 4.54. The summed E-state index contributed by atoms with van der Waals surface area (Å²) in [5, 5.41) is 9.92. The van der Waals surface area contributed by atoms with E-state index in [0.717, 1.165) is 59.9 Å². The van der Waals surface area contributed by atoms with Gasteiger partial charge in [0.05, 0.1) is 20.8 Å². The van der Waals surface area contributed by atoms with Gasteiger partial charge in [-0.3, -0.25) is 4.72 Å². The second kappa shape index (κ2) is 10.6. The number of hydrogen-bond donors (Lipinski definition) is 3. The summed E-state index contributed by atoms with van der Waals surface area (Å²) in [6, 6.07) is 10.8. The molecular formula is C27H26ClN7O2S2. The first kappa shape index (κ1) is 25.9. The minimum Gasteiger partial charge on any atom is -0.350 e. The molecule has 0 spiro atoms. The van der Waals surface area contributed by atoms with Crippen LogP contribution in [0.3, 0.4) is 0 Å². The smallest absolute Gasteiger partial charge is 0.264 e. The molecule has 0 unspecified atom stereocenters. The van der Waals surface area contributed by atoms with Crippen molar-refractivity contribution in [2.45, 2.75) is 37.1 Å². The second-order valence-electron chi connectivity index (χ2n) is 9.39. The van der Waals surface area contributed by atoms with E-state index < -0.39 is 10.0 Å². The van der Waals surface area contributed by atoms with Crippen LogP contribution in [-0.2, 0) is 16.4 Å². The highest BCUT2D eigenvalue weighted by Gasteiger charge is 2.22. The summed E-state index contributed by atoms with van der Waals surface area (Å²) in [4.78, 5) is 18.2. The van der Waals surface area contributed by atoms with Crippen molar-refractivity contribution < 1.29 is 8.42 Å². The summed E-state index contributed by atoms with van der Waals surface area (Å²) >= 11 is 7.53. The molecule has 1 aliphatic heterocycles. The molecule has 0 amide bonds. The molecule has 200 valence electrons. The van der Waals surface area contributed by atoms with Gasteiger partial charge in [0, 0.05) is 35.1 Å². The van der Waals surface area contributed by atoms with Crippen LogP contribution in [0.1, 0.15) is 25.3 Å². The molecule has 1 aliphatic rings. The van der Waals surface area contributed by atoms with Crippen molar-refractivity contribution in [2.75, 3.05) is 23.1 Å². The SMILES string of the molecule is CCc1cc(-c2csc3c(NS(=O)(=O)c4ccccc4Cl)ncnc23)cc2cnc(N[C@H]3CCCNC3)nc12. The monoisotopic (exact) mass is 579 g/mol. The van der Waals surface area contributed by atoms with E-state index in [2.05, 4.69) is 49.4 Å². The molecule has 1 atom stereocenters. The number of nitrogens with zero attached hydrogens (tertiary/aromatic N) is 4. The molecule has 9 nitrogen and oxygen atoms in total. The number of benzene rings is 2. The van der Waals surface area contributed by atoms with Gasteiger partial charge in [-0.15, -0.1) is 11.3 Å². The second-order valence-corrected chi connectivity index (χ2v) is 12.3. The normalized spacial score (nSPS) is 16.0. The summed E-state index contributed by atoms with van der Waals surface area (Å²) in [6.07, 6.45) is 6.25. The third-order valence-corrected chi connectivity index (χ3v) is 9.61. The number of anilines is 2. The lowest BCUT2D eigenvalue weighted by atomic mass is 10.00. The molecule has 3 N–H and O–H groups in total. The minimum absolute atomic E-state index is 0.00839. The fourth-order valence-electron chi connectivity index (χ4n) is 4.84. The lowest BCUT2D eigenvalue weighted by molar-refractivity contribution is 0.478. The molecule has 0 aliphatic carbocycles. The van der Waals surface area contributed by atoms with Crippen LogP contribution in [0.4, 0.5) is 11.8 Å². The molecule has 0 bridgehead atoms. The molecule has 12 heteroatoms. The molecule has 3 aromatic heterocycles. The zero-order valence-electron chi connectivity index (χ0n) is 21.1. The van der Waals surface area contributed by atoms with Crippen molar-refractivity contribution in [1.82, 2.24) is 25.3 Å². The van der Waals surface area contributed by atoms with Gasteiger partial charge in [-0.1, -0.05) is 30.7 Å². The Hall–Kier alpha value is -3.38. The van der Waals surface area contributed by atoms with Crippen LogP contribution in [-0.4, -0.2) is 47.5 Å². The van der Waals surface area contributed by atoms with Gasteiger partial charge < -0.3 is 10.6 Å². The fraction of sp³-hybridized carbons (Fsp3) is 0.259. The highest BCUT2D eigenvalue weighted by Crippen LogP contribution is 2.38. The van der Waals surface area contributed by atoms with Crippen molar-refractivity contribution >= 4 is 65.8 Å². The first-order valence-electron chi connectivity index (χ1n) is 12.7. The Bertz CT molecular complexity index is 1790. The van der Waals surface area contributed by atoms with Crippen molar-refractivity contribution in [3.8, 4) is 11.1 Å². The molecule has 0 saturated carbocycles. The highest BCUT2D eigenvalue weighted by atomic mass is 35.5. The van der Waals surface area contributed by atoms with Gasteiger partial charge in [-0.05, 0) is 61.2 Å². The van der Waals surface area contributed by atoms with Crippen molar-refractivity contribution in [2.24, 2.45) is 0 Å². The Labute approximate surface area is 235 Å². The number of aryl methyl sites for hydroxylation is 1. The summed E-state index contributed by atoms with van der Waals surface area (Å²) in [6.45, 7) is 4.06. The molecule has 39 heavy (non-hydrogen) atoms. The number of fused-ring (bicyclic) bond motifs is 2. The van der Waals surface area contributed by atoms with Gasteiger partial charge in [0.2, 0.25) is 5.95 Å². The minimum atomic E-state index is -3.94. The standard InChI is InChI=1S/C27H26ClN7O2S2/c1-2-16-10-17(11-18-12-30-27(34-23(16)18)33-19-6-5-9-29-13-19)20-14-38-25-24(20)31-15-32-26(25)35-39(36,37)22-8-4-3-7-21(22)28/h3-4,7-8,10-12,14-15,19,29H,2,5-6,9,13H2,1H3,(H,30,33,34)(H,31,32,35)/t19-/m0/s1. The number of sulfonamides is 1. The van der Waals surface area contributed by atoms with Gasteiger partial charge in [0.25, 0.3) is 10.0 Å². The van der Waals surface area contributed by atoms with Gasteiger partial charge >= 0.3 is 0 Å². The molecule has 0 radical (unpaired) electrons. The van der Waals surface area contributed by atoms with Gasteiger partial charge in [-0.25, -0.2) is 28.4 Å². The van der Waals surface area contributed by atoms with E-state index >= 15 is 0 Å². The van der Waals surface area contributed by atoms with Crippen LogP contribution in [0, 0.1) is 0 Å². The van der Waals surface area contributed by atoms with E-state index in [-0.39, 0.29) is 15.7 Å². The maximum Gasteiger partial charge on any atom is 0.264 e. The number of nitrogens with one attached hydrogen (secondary N) is 3. The Kier molecular flexibility index (Phi) is 7.06. The van der Waals surface area contributed by atoms with Crippen LogP contribution < -0.4 is 15.4 Å². The number of halogens is 1. The molecule has 5 aromatic rings.